The molecule has 0 atom stereocenters. The van der Waals surface area contributed by atoms with Crippen molar-refractivity contribution in [2.45, 2.75) is 83.2 Å². The van der Waals surface area contributed by atoms with Gasteiger partial charge in [0.15, 0.2) is 5.96 Å². The SMILES string of the molecule is CCOC(=O)CN=C(Nc1ccccc1)N(C1CCCCC1)C1CCCCC1. The third-order valence-corrected chi connectivity index (χ3v) is 5.87. The second-order valence-corrected chi connectivity index (χ2v) is 7.93. The van der Waals surface area contributed by atoms with Gasteiger partial charge in [0.05, 0.1) is 6.61 Å². The fraction of sp³-hybridized carbons (Fsp3) is 0.652. The van der Waals surface area contributed by atoms with Gasteiger partial charge in [0.1, 0.15) is 6.54 Å². The molecule has 0 bridgehead atoms. The molecule has 3 rings (SSSR count). The Balaban J connectivity index is 1.86. The number of benzene rings is 1. The van der Waals surface area contributed by atoms with E-state index in [1.807, 2.05) is 25.1 Å². The minimum absolute atomic E-state index is 0.0684. The molecule has 0 spiro atoms. The summed E-state index contributed by atoms with van der Waals surface area (Å²) >= 11 is 0. The largest absolute Gasteiger partial charge is 0.465 e. The van der Waals surface area contributed by atoms with Crippen molar-refractivity contribution in [3.63, 3.8) is 0 Å². The van der Waals surface area contributed by atoms with Crippen LogP contribution in [0.25, 0.3) is 0 Å². The number of aliphatic imine (C=N–C) groups is 1. The van der Waals surface area contributed by atoms with E-state index in [-0.39, 0.29) is 12.5 Å². The Hall–Kier alpha value is -2.04. The Morgan fingerprint density at radius 3 is 2.11 bits per heavy atom. The van der Waals surface area contributed by atoms with Gasteiger partial charge in [0.2, 0.25) is 0 Å². The van der Waals surface area contributed by atoms with Gasteiger partial charge in [0.25, 0.3) is 0 Å². The first-order valence-corrected chi connectivity index (χ1v) is 11.1. The van der Waals surface area contributed by atoms with E-state index in [0.717, 1.165) is 11.6 Å². The van der Waals surface area contributed by atoms with E-state index in [0.29, 0.717) is 18.7 Å². The van der Waals surface area contributed by atoms with Crippen molar-refractivity contribution in [3.8, 4) is 0 Å². The monoisotopic (exact) mass is 385 g/mol. The highest BCUT2D eigenvalue weighted by atomic mass is 16.5. The lowest BCUT2D eigenvalue weighted by Crippen LogP contribution is -2.51. The molecule has 0 radical (unpaired) electrons. The second kappa shape index (κ2) is 11.1. The Morgan fingerprint density at radius 1 is 1.00 bits per heavy atom. The van der Waals surface area contributed by atoms with Crippen LogP contribution < -0.4 is 5.32 Å². The fourth-order valence-corrected chi connectivity index (χ4v) is 4.54. The maximum atomic E-state index is 12.0. The number of rotatable bonds is 6. The van der Waals surface area contributed by atoms with E-state index in [4.69, 9.17) is 9.73 Å². The smallest absolute Gasteiger partial charge is 0.327 e. The number of anilines is 1. The Kier molecular flexibility index (Phi) is 8.19. The van der Waals surface area contributed by atoms with Crippen LogP contribution in [0, 0.1) is 0 Å². The summed E-state index contributed by atoms with van der Waals surface area (Å²) in [6, 6.07) is 11.2. The van der Waals surface area contributed by atoms with E-state index in [2.05, 4.69) is 22.3 Å². The van der Waals surface area contributed by atoms with Crippen molar-refractivity contribution in [2.75, 3.05) is 18.5 Å². The maximum absolute atomic E-state index is 12.0. The summed E-state index contributed by atoms with van der Waals surface area (Å²) in [4.78, 5) is 19.3. The molecule has 1 N–H and O–H groups in total. The van der Waals surface area contributed by atoms with Gasteiger partial charge < -0.3 is 15.0 Å². The number of guanidine groups is 1. The van der Waals surface area contributed by atoms with Gasteiger partial charge >= 0.3 is 5.97 Å². The standard InChI is InChI=1S/C23H35N3O2/c1-2-28-22(27)18-24-23(25-19-12-6-3-7-13-19)26(20-14-8-4-9-15-20)21-16-10-5-11-17-21/h3,6-7,12-13,20-21H,2,4-5,8-11,14-18H2,1H3,(H,24,25). The molecule has 2 aliphatic carbocycles. The van der Waals surface area contributed by atoms with Crippen molar-refractivity contribution in [2.24, 2.45) is 4.99 Å². The lowest BCUT2D eigenvalue weighted by molar-refractivity contribution is -0.141. The van der Waals surface area contributed by atoms with E-state index in [9.17, 15) is 4.79 Å². The third kappa shape index (κ3) is 5.98. The van der Waals surface area contributed by atoms with Crippen molar-refractivity contribution in [3.05, 3.63) is 30.3 Å². The van der Waals surface area contributed by atoms with Crippen LogP contribution in [0.15, 0.2) is 35.3 Å². The molecule has 2 saturated carbocycles. The van der Waals surface area contributed by atoms with E-state index in [1.165, 1.54) is 64.2 Å². The predicted octanol–water partition coefficient (Wildman–Crippen LogP) is 4.99. The zero-order chi connectivity index (χ0) is 19.6. The first-order valence-electron chi connectivity index (χ1n) is 11.1. The maximum Gasteiger partial charge on any atom is 0.327 e. The van der Waals surface area contributed by atoms with Gasteiger partial charge in [0, 0.05) is 17.8 Å². The topological polar surface area (TPSA) is 53.9 Å². The summed E-state index contributed by atoms with van der Waals surface area (Å²) in [6.45, 7) is 2.30. The van der Waals surface area contributed by atoms with Crippen LogP contribution in [0.5, 0.6) is 0 Å². The number of carbonyl (C=O) groups is 1. The Bertz CT molecular complexity index is 602. The van der Waals surface area contributed by atoms with Crippen LogP contribution in [0.2, 0.25) is 0 Å². The van der Waals surface area contributed by atoms with Gasteiger partial charge in [-0.25, -0.2) is 4.99 Å². The van der Waals surface area contributed by atoms with Crippen molar-refractivity contribution >= 4 is 17.6 Å². The van der Waals surface area contributed by atoms with Crippen LogP contribution in [0.1, 0.15) is 71.1 Å². The van der Waals surface area contributed by atoms with Gasteiger partial charge in [-0.2, -0.15) is 0 Å². The van der Waals surface area contributed by atoms with E-state index < -0.39 is 0 Å². The highest BCUT2D eigenvalue weighted by Crippen LogP contribution is 2.31. The molecular weight excluding hydrogens is 350 g/mol. The first-order chi connectivity index (χ1) is 13.8. The number of nitrogens with zero attached hydrogens (tertiary/aromatic N) is 2. The van der Waals surface area contributed by atoms with Crippen LogP contribution in [0.4, 0.5) is 5.69 Å². The fourth-order valence-electron chi connectivity index (χ4n) is 4.54. The van der Waals surface area contributed by atoms with Crippen LogP contribution >= 0.6 is 0 Å². The minimum Gasteiger partial charge on any atom is -0.465 e. The molecule has 1 aromatic rings. The summed E-state index contributed by atoms with van der Waals surface area (Å²) < 4.78 is 5.12. The molecule has 28 heavy (non-hydrogen) atoms. The van der Waals surface area contributed by atoms with E-state index >= 15 is 0 Å². The summed E-state index contributed by atoms with van der Waals surface area (Å²) in [5.74, 6) is 0.583. The quantitative estimate of drug-likeness (QED) is 0.426. The molecule has 1 aromatic carbocycles. The van der Waals surface area contributed by atoms with Crippen molar-refractivity contribution in [1.29, 1.82) is 0 Å². The number of para-hydroxylation sites is 1. The summed E-state index contributed by atoms with van der Waals surface area (Å²) in [5.41, 5.74) is 1.02. The Morgan fingerprint density at radius 2 is 1.57 bits per heavy atom. The molecule has 0 aromatic heterocycles. The average molecular weight is 386 g/mol. The highest BCUT2D eigenvalue weighted by molar-refractivity contribution is 5.95. The summed E-state index contributed by atoms with van der Waals surface area (Å²) in [6.07, 6.45) is 12.6. The molecule has 2 fully saturated rings. The molecule has 5 heteroatoms. The molecule has 154 valence electrons. The molecular formula is C23H35N3O2. The van der Waals surface area contributed by atoms with Gasteiger partial charge in [-0.1, -0.05) is 56.7 Å². The summed E-state index contributed by atoms with van der Waals surface area (Å²) in [5, 5.41) is 3.54. The number of esters is 1. The lowest BCUT2D eigenvalue weighted by Gasteiger charge is -2.43. The van der Waals surface area contributed by atoms with Crippen LogP contribution in [-0.2, 0) is 9.53 Å². The molecule has 2 aliphatic rings. The number of hydrogen-bond donors (Lipinski definition) is 1. The number of ether oxygens (including phenoxy) is 1. The van der Waals surface area contributed by atoms with Gasteiger partial charge in [-0.3, -0.25) is 4.79 Å². The second-order valence-electron chi connectivity index (χ2n) is 7.93. The molecule has 0 amide bonds. The first kappa shape index (κ1) is 20.7. The number of carbonyl (C=O) groups excluding carboxylic acids is 1. The molecule has 0 unspecified atom stereocenters. The average Bonchev–Trinajstić information content (AvgIpc) is 2.75. The summed E-state index contributed by atoms with van der Waals surface area (Å²) in [7, 11) is 0. The molecule has 0 aliphatic heterocycles. The molecule has 0 saturated heterocycles. The van der Waals surface area contributed by atoms with Crippen LogP contribution in [0.3, 0.4) is 0 Å². The molecule has 5 nitrogen and oxygen atoms in total. The number of nitrogens with one attached hydrogen (secondary N) is 1. The lowest BCUT2D eigenvalue weighted by atomic mass is 9.89. The third-order valence-electron chi connectivity index (χ3n) is 5.87. The van der Waals surface area contributed by atoms with Crippen molar-refractivity contribution in [1.82, 2.24) is 4.90 Å². The predicted molar refractivity (Wildman–Crippen MR) is 115 cm³/mol. The van der Waals surface area contributed by atoms with Crippen LogP contribution in [-0.4, -0.2) is 42.1 Å². The minimum atomic E-state index is -0.262. The zero-order valence-electron chi connectivity index (χ0n) is 17.2. The van der Waals surface area contributed by atoms with E-state index in [1.54, 1.807) is 0 Å². The van der Waals surface area contributed by atoms with Crippen molar-refractivity contribution < 1.29 is 9.53 Å². The van der Waals surface area contributed by atoms with Gasteiger partial charge in [-0.05, 0) is 44.7 Å². The zero-order valence-corrected chi connectivity index (χ0v) is 17.2. The molecule has 0 heterocycles. The highest BCUT2D eigenvalue weighted by Gasteiger charge is 2.31. The number of hydrogen-bond acceptors (Lipinski definition) is 3. The Labute approximate surface area is 169 Å². The normalized spacial score (nSPS) is 19.2. The van der Waals surface area contributed by atoms with Gasteiger partial charge in [-0.15, -0.1) is 0 Å².